The number of hydrogen-bond donors (Lipinski definition) is 0. The number of benzene rings is 4. The summed E-state index contributed by atoms with van der Waals surface area (Å²) in [4.78, 5) is 0. The van der Waals surface area contributed by atoms with Crippen LogP contribution >= 0.6 is 0 Å². The lowest BCUT2D eigenvalue weighted by molar-refractivity contribution is -0.660. The second-order valence-electron chi connectivity index (χ2n) is 10.5. The minimum Gasteiger partial charge on any atom is -0.201 e. The maximum Gasteiger partial charge on any atom is 0.213 e. The smallest absolute Gasteiger partial charge is 0.201 e. The normalized spacial score (nSPS) is 15.9. The molecule has 1 aromatic heterocycles. The number of pyridine rings is 1. The van der Waals surface area contributed by atoms with E-state index in [0.29, 0.717) is 11.1 Å². The van der Waals surface area contributed by atoms with Crippen LogP contribution in [0.25, 0.3) is 44.6 Å². The molecule has 0 bridgehead atoms. The molecular formula is C36H32N+. The van der Waals surface area contributed by atoms with E-state index in [-0.39, 0.29) is 11.1 Å². The molecule has 0 amide bonds. The second-order valence-corrected chi connectivity index (χ2v) is 10.5. The van der Waals surface area contributed by atoms with Crippen molar-refractivity contribution >= 4 is 0 Å². The van der Waals surface area contributed by atoms with Crippen molar-refractivity contribution in [2.24, 2.45) is 7.05 Å². The van der Waals surface area contributed by atoms with E-state index in [4.69, 9.17) is 8.22 Å². The van der Waals surface area contributed by atoms with Gasteiger partial charge in [-0.2, -0.15) is 0 Å². The average Bonchev–Trinajstić information content (AvgIpc) is 3.52. The van der Waals surface area contributed by atoms with Gasteiger partial charge in [-0.3, -0.25) is 0 Å². The molecule has 1 heterocycles. The molecule has 180 valence electrons. The third kappa shape index (κ3) is 3.20. The van der Waals surface area contributed by atoms with Crippen molar-refractivity contribution in [2.45, 2.75) is 40.4 Å². The summed E-state index contributed by atoms with van der Waals surface area (Å²) >= 11 is 0. The zero-order valence-electron chi connectivity index (χ0n) is 27.4. The fraction of sp³-hybridized carbons (Fsp3) is 0.194. The first-order valence-electron chi connectivity index (χ1n) is 15.9. The molecule has 1 nitrogen and oxygen atoms in total. The van der Waals surface area contributed by atoms with Gasteiger partial charge in [0.15, 0.2) is 6.20 Å². The summed E-state index contributed by atoms with van der Waals surface area (Å²) in [6, 6.07) is 24.4. The molecule has 0 aliphatic heterocycles. The molecule has 7 rings (SSSR count). The van der Waals surface area contributed by atoms with Crippen LogP contribution in [0.3, 0.4) is 0 Å². The lowest BCUT2D eigenvalue weighted by Gasteiger charge is -2.19. The minimum absolute atomic E-state index is 0.136. The van der Waals surface area contributed by atoms with Gasteiger partial charge in [0.25, 0.3) is 0 Å². The van der Waals surface area contributed by atoms with Crippen LogP contribution in [-0.4, -0.2) is 0 Å². The van der Waals surface area contributed by atoms with Crippen LogP contribution in [0.1, 0.15) is 52.7 Å². The molecule has 0 fully saturated rings. The van der Waals surface area contributed by atoms with Crippen molar-refractivity contribution in [1.29, 1.82) is 0 Å². The Kier molecular flexibility index (Phi) is 3.62. The Hall–Kier alpha value is -3.97. The van der Waals surface area contributed by atoms with Crippen molar-refractivity contribution < 1.29 is 12.8 Å². The van der Waals surface area contributed by atoms with Gasteiger partial charge in [0, 0.05) is 25.4 Å². The molecule has 0 spiro atoms. The molecule has 0 saturated carbocycles. The van der Waals surface area contributed by atoms with Crippen molar-refractivity contribution in [3.63, 3.8) is 0 Å². The van der Waals surface area contributed by atoms with E-state index in [9.17, 15) is 0 Å². The number of aryl methyl sites for hydroxylation is 4. The van der Waals surface area contributed by atoms with Crippen molar-refractivity contribution in [3.05, 3.63) is 124 Å². The van der Waals surface area contributed by atoms with Crippen molar-refractivity contribution in [3.8, 4) is 44.6 Å². The van der Waals surface area contributed by atoms with E-state index in [2.05, 4.69) is 55.5 Å². The Bertz CT molecular complexity index is 1980. The monoisotopic (exact) mass is 484 g/mol. The molecule has 4 aromatic carbocycles. The maximum atomic E-state index is 8.42. The predicted octanol–water partition coefficient (Wildman–Crippen LogP) is 8.22. The molecule has 0 unspecified atom stereocenters. The van der Waals surface area contributed by atoms with Gasteiger partial charge >= 0.3 is 0 Å². The van der Waals surface area contributed by atoms with Crippen LogP contribution in [0.5, 0.6) is 0 Å². The standard InChI is InChI=1S/C36H32N/c1-21-14-15-27(22(2)16-21)30-19-33(37(5)20-23(30)3)34-24(4)31-17-25-10-6-8-12-28(25)35(31)32-18-26-11-7-9-13-29(26)36(32)34/h6-16,19-20H,17-18H2,1-5H3/q+1/i2D3,3D3. The molecule has 1 heteroatoms. The Morgan fingerprint density at radius 3 is 2.05 bits per heavy atom. The quantitative estimate of drug-likeness (QED) is 0.218. The summed E-state index contributed by atoms with van der Waals surface area (Å²) in [5.74, 6) is 0. The van der Waals surface area contributed by atoms with Crippen LogP contribution in [0.15, 0.2) is 79.0 Å². The highest BCUT2D eigenvalue weighted by Gasteiger charge is 2.35. The first-order valence-corrected chi connectivity index (χ1v) is 12.9. The first-order chi connectivity index (χ1) is 20.3. The van der Waals surface area contributed by atoms with E-state index in [0.717, 1.165) is 29.7 Å². The Morgan fingerprint density at radius 1 is 0.649 bits per heavy atom. The fourth-order valence-corrected chi connectivity index (χ4v) is 6.56. The number of hydrogen-bond acceptors (Lipinski definition) is 0. The maximum absolute atomic E-state index is 8.42. The molecule has 0 atom stereocenters. The van der Waals surface area contributed by atoms with Gasteiger partial charge in [0.2, 0.25) is 5.69 Å². The third-order valence-corrected chi connectivity index (χ3v) is 8.29. The van der Waals surface area contributed by atoms with Crippen molar-refractivity contribution in [1.82, 2.24) is 0 Å². The van der Waals surface area contributed by atoms with Crippen LogP contribution in [0.2, 0.25) is 0 Å². The Labute approximate surface area is 228 Å². The zero-order valence-corrected chi connectivity index (χ0v) is 21.4. The van der Waals surface area contributed by atoms with E-state index < -0.39 is 13.7 Å². The highest BCUT2D eigenvalue weighted by molar-refractivity contribution is 5.99. The van der Waals surface area contributed by atoms with Gasteiger partial charge in [0.05, 0.1) is 5.56 Å². The highest BCUT2D eigenvalue weighted by Crippen LogP contribution is 2.53. The SMILES string of the molecule is [2H]C([2H])([2H])c1cc(C)ccc1-c1cc(-c2c(C)c3c(c4c2-c2ccccc2C4)-c2ccccc2C3)[n+](C)cc1C([2H])([2H])[2H]. The van der Waals surface area contributed by atoms with Crippen molar-refractivity contribution in [2.75, 3.05) is 0 Å². The molecule has 0 N–H and O–H groups in total. The fourth-order valence-electron chi connectivity index (χ4n) is 6.56. The van der Waals surface area contributed by atoms with Crippen LogP contribution in [0.4, 0.5) is 0 Å². The number of aromatic nitrogens is 1. The minimum atomic E-state index is -2.44. The number of nitrogens with zero attached hydrogens (tertiary/aromatic N) is 1. The molecule has 0 saturated heterocycles. The lowest BCUT2D eigenvalue weighted by atomic mass is 9.84. The largest absolute Gasteiger partial charge is 0.213 e. The average molecular weight is 485 g/mol. The van der Waals surface area contributed by atoms with E-state index >= 15 is 0 Å². The van der Waals surface area contributed by atoms with Crippen LogP contribution < -0.4 is 4.57 Å². The lowest BCUT2D eigenvalue weighted by Crippen LogP contribution is -2.32. The molecule has 2 aliphatic rings. The predicted molar refractivity (Wildman–Crippen MR) is 154 cm³/mol. The molecular weight excluding hydrogens is 446 g/mol. The van der Waals surface area contributed by atoms with Crippen LogP contribution in [0, 0.1) is 27.6 Å². The summed E-state index contributed by atoms with van der Waals surface area (Å²) in [6.45, 7) is -0.808. The first kappa shape index (κ1) is 16.7. The summed E-state index contributed by atoms with van der Waals surface area (Å²) in [5, 5.41) is 0. The van der Waals surface area contributed by atoms with E-state index in [1.165, 1.54) is 50.1 Å². The third-order valence-electron chi connectivity index (χ3n) is 8.29. The molecule has 2 aliphatic carbocycles. The summed E-state index contributed by atoms with van der Waals surface area (Å²) < 4.78 is 52.1. The summed E-state index contributed by atoms with van der Waals surface area (Å²) in [7, 11) is 1.89. The Balaban J connectivity index is 1.59. The zero-order chi connectivity index (χ0) is 30.4. The van der Waals surface area contributed by atoms with Gasteiger partial charge in [-0.15, -0.1) is 0 Å². The second kappa shape index (κ2) is 8.02. The molecule has 0 radical (unpaired) electrons. The summed E-state index contributed by atoms with van der Waals surface area (Å²) in [5.41, 5.74) is 15.3. The van der Waals surface area contributed by atoms with E-state index in [1.54, 1.807) is 18.3 Å². The highest BCUT2D eigenvalue weighted by atomic mass is 14.9. The van der Waals surface area contributed by atoms with Crippen LogP contribution in [-0.2, 0) is 19.9 Å². The number of rotatable bonds is 2. The van der Waals surface area contributed by atoms with Gasteiger partial charge < -0.3 is 0 Å². The molecule has 5 aromatic rings. The van der Waals surface area contributed by atoms with Gasteiger partial charge in [-0.1, -0.05) is 72.3 Å². The number of fused-ring (bicyclic) bond motifs is 7. The van der Waals surface area contributed by atoms with Gasteiger partial charge in [-0.05, 0) is 102 Å². The topological polar surface area (TPSA) is 3.88 Å². The summed E-state index contributed by atoms with van der Waals surface area (Å²) in [6.07, 6.45) is 3.36. The van der Waals surface area contributed by atoms with Gasteiger partial charge in [0.1, 0.15) is 7.05 Å². The Morgan fingerprint density at radius 2 is 1.32 bits per heavy atom. The van der Waals surface area contributed by atoms with Gasteiger partial charge in [-0.25, -0.2) is 4.57 Å². The van der Waals surface area contributed by atoms with E-state index in [1.807, 2.05) is 30.7 Å². The molecule has 37 heavy (non-hydrogen) atoms.